The SMILES string of the molecule is CCC1(CC)CCN(c2cc(C(=O)O)cc(Cl)n2)C1. The Morgan fingerprint density at radius 3 is 2.68 bits per heavy atom. The zero-order chi connectivity index (χ0) is 14.0. The molecule has 104 valence electrons. The number of rotatable bonds is 4. The second kappa shape index (κ2) is 5.37. The summed E-state index contributed by atoms with van der Waals surface area (Å²) < 4.78 is 0. The van der Waals surface area contributed by atoms with Crippen molar-refractivity contribution in [2.24, 2.45) is 5.41 Å². The third kappa shape index (κ3) is 2.84. The summed E-state index contributed by atoms with van der Waals surface area (Å²) in [6.45, 7) is 6.25. The van der Waals surface area contributed by atoms with E-state index in [-0.39, 0.29) is 10.7 Å². The lowest BCUT2D eigenvalue weighted by atomic mass is 9.82. The molecule has 0 saturated carbocycles. The molecule has 2 heterocycles. The first-order valence-electron chi connectivity index (χ1n) is 6.65. The molecule has 0 radical (unpaired) electrons. The molecule has 1 aromatic heterocycles. The summed E-state index contributed by atoms with van der Waals surface area (Å²) in [6, 6.07) is 2.99. The Balaban J connectivity index is 2.26. The molecule has 2 rings (SSSR count). The van der Waals surface area contributed by atoms with Gasteiger partial charge in [-0.25, -0.2) is 9.78 Å². The van der Waals surface area contributed by atoms with Crippen LogP contribution >= 0.6 is 11.6 Å². The topological polar surface area (TPSA) is 53.4 Å². The van der Waals surface area contributed by atoms with Crippen LogP contribution in [0.3, 0.4) is 0 Å². The zero-order valence-corrected chi connectivity index (χ0v) is 12.1. The van der Waals surface area contributed by atoms with E-state index in [0.29, 0.717) is 11.2 Å². The van der Waals surface area contributed by atoms with Crippen LogP contribution in [0.25, 0.3) is 0 Å². The van der Waals surface area contributed by atoms with E-state index in [4.69, 9.17) is 16.7 Å². The number of hydrogen-bond acceptors (Lipinski definition) is 3. The number of pyridine rings is 1. The van der Waals surface area contributed by atoms with Gasteiger partial charge in [-0.2, -0.15) is 0 Å². The van der Waals surface area contributed by atoms with Gasteiger partial charge in [-0.3, -0.25) is 0 Å². The van der Waals surface area contributed by atoms with Crippen LogP contribution < -0.4 is 4.90 Å². The van der Waals surface area contributed by atoms with Crippen molar-refractivity contribution in [3.05, 3.63) is 22.8 Å². The Morgan fingerprint density at radius 1 is 1.47 bits per heavy atom. The average molecular weight is 283 g/mol. The van der Waals surface area contributed by atoms with Crippen LogP contribution in [-0.4, -0.2) is 29.1 Å². The standard InChI is InChI=1S/C14H19ClN2O2/c1-3-14(4-2)5-6-17(9-14)12-8-10(13(18)19)7-11(15)16-12/h7-8H,3-6,9H2,1-2H3,(H,18,19). The van der Waals surface area contributed by atoms with Crippen molar-refractivity contribution < 1.29 is 9.90 Å². The van der Waals surface area contributed by atoms with Gasteiger partial charge in [0, 0.05) is 13.1 Å². The lowest BCUT2D eigenvalue weighted by molar-refractivity contribution is 0.0697. The van der Waals surface area contributed by atoms with Gasteiger partial charge in [0.15, 0.2) is 0 Å². The third-order valence-corrected chi connectivity index (χ3v) is 4.48. The maximum atomic E-state index is 11.1. The summed E-state index contributed by atoms with van der Waals surface area (Å²) in [5.74, 6) is -0.296. The minimum absolute atomic E-state index is 0.195. The highest BCUT2D eigenvalue weighted by Gasteiger charge is 2.35. The molecule has 1 saturated heterocycles. The van der Waals surface area contributed by atoms with Crippen LogP contribution in [0.2, 0.25) is 5.15 Å². The van der Waals surface area contributed by atoms with Crippen molar-refractivity contribution in [1.29, 1.82) is 0 Å². The monoisotopic (exact) mass is 282 g/mol. The van der Waals surface area contributed by atoms with Crippen molar-refractivity contribution in [2.45, 2.75) is 33.1 Å². The summed E-state index contributed by atoms with van der Waals surface area (Å²) in [5, 5.41) is 9.30. The van der Waals surface area contributed by atoms with Crippen molar-refractivity contribution in [2.75, 3.05) is 18.0 Å². The first kappa shape index (κ1) is 14.1. The minimum Gasteiger partial charge on any atom is -0.478 e. The van der Waals surface area contributed by atoms with Gasteiger partial charge in [-0.05, 0) is 36.8 Å². The van der Waals surface area contributed by atoms with Gasteiger partial charge in [-0.15, -0.1) is 0 Å². The lowest BCUT2D eigenvalue weighted by Gasteiger charge is -2.26. The number of hydrogen-bond donors (Lipinski definition) is 1. The normalized spacial score (nSPS) is 17.7. The van der Waals surface area contributed by atoms with Crippen LogP contribution in [-0.2, 0) is 0 Å². The lowest BCUT2D eigenvalue weighted by Crippen LogP contribution is -2.27. The molecule has 0 atom stereocenters. The van der Waals surface area contributed by atoms with Gasteiger partial charge in [0.2, 0.25) is 0 Å². The van der Waals surface area contributed by atoms with Crippen molar-refractivity contribution in [3.8, 4) is 0 Å². The van der Waals surface area contributed by atoms with E-state index >= 15 is 0 Å². The van der Waals surface area contributed by atoms with Crippen LogP contribution in [0.15, 0.2) is 12.1 Å². The molecule has 0 bridgehead atoms. The molecule has 0 spiro atoms. The van der Waals surface area contributed by atoms with Crippen LogP contribution in [0.5, 0.6) is 0 Å². The van der Waals surface area contributed by atoms with E-state index in [9.17, 15) is 4.79 Å². The van der Waals surface area contributed by atoms with Crippen molar-refractivity contribution in [1.82, 2.24) is 4.98 Å². The van der Waals surface area contributed by atoms with Gasteiger partial charge in [0.25, 0.3) is 0 Å². The van der Waals surface area contributed by atoms with E-state index < -0.39 is 5.97 Å². The van der Waals surface area contributed by atoms with E-state index in [0.717, 1.165) is 32.4 Å². The molecule has 1 aliphatic heterocycles. The molecule has 5 heteroatoms. The summed E-state index contributed by atoms with van der Waals surface area (Å²) >= 11 is 5.91. The first-order chi connectivity index (χ1) is 8.99. The molecule has 1 N–H and O–H groups in total. The molecule has 1 aromatic rings. The molecular weight excluding hydrogens is 264 g/mol. The highest BCUT2D eigenvalue weighted by molar-refractivity contribution is 6.29. The number of anilines is 1. The molecule has 19 heavy (non-hydrogen) atoms. The predicted molar refractivity (Wildman–Crippen MR) is 76.1 cm³/mol. The number of carbonyl (C=O) groups is 1. The maximum absolute atomic E-state index is 11.1. The Bertz CT molecular complexity index is 486. The van der Waals surface area contributed by atoms with E-state index in [1.807, 2.05) is 0 Å². The second-order valence-corrected chi connectivity index (χ2v) is 5.61. The molecule has 0 amide bonds. The Labute approximate surface area is 118 Å². The van der Waals surface area contributed by atoms with Gasteiger partial charge in [-0.1, -0.05) is 25.4 Å². The molecule has 4 nitrogen and oxygen atoms in total. The van der Waals surface area contributed by atoms with Crippen LogP contribution in [0.1, 0.15) is 43.5 Å². The quantitative estimate of drug-likeness (QED) is 0.860. The fraction of sp³-hybridized carbons (Fsp3) is 0.571. The van der Waals surface area contributed by atoms with Crippen LogP contribution in [0.4, 0.5) is 5.82 Å². The third-order valence-electron chi connectivity index (χ3n) is 4.29. The average Bonchev–Trinajstić information content (AvgIpc) is 2.83. The van der Waals surface area contributed by atoms with E-state index in [2.05, 4.69) is 23.7 Å². The van der Waals surface area contributed by atoms with Crippen LogP contribution in [0, 0.1) is 5.41 Å². The summed E-state index contributed by atoms with van der Waals surface area (Å²) in [4.78, 5) is 17.5. The number of carboxylic acid groups (broad SMARTS) is 1. The summed E-state index contributed by atoms with van der Waals surface area (Å²) in [7, 11) is 0. The van der Waals surface area contributed by atoms with E-state index in [1.165, 1.54) is 6.07 Å². The molecular formula is C14H19ClN2O2. The fourth-order valence-electron chi connectivity index (χ4n) is 2.73. The van der Waals surface area contributed by atoms with E-state index in [1.54, 1.807) is 6.07 Å². The number of carboxylic acids is 1. The summed E-state index contributed by atoms with van der Waals surface area (Å²) in [6.07, 6.45) is 3.38. The summed E-state index contributed by atoms with van der Waals surface area (Å²) in [5.41, 5.74) is 0.522. The number of nitrogens with zero attached hydrogens (tertiary/aromatic N) is 2. The molecule has 0 aliphatic carbocycles. The minimum atomic E-state index is -0.970. The van der Waals surface area contributed by atoms with Gasteiger partial charge >= 0.3 is 5.97 Å². The Hall–Kier alpha value is -1.29. The molecule has 1 fully saturated rings. The van der Waals surface area contributed by atoms with Gasteiger partial charge in [0.05, 0.1) is 5.56 Å². The smallest absolute Gasteiger partial charge is 0.335 e. The molecule has 0 unspecified atom stereocenters. The highest BCUT2D eigenvalue weighted by Crippen LogP contribution is 2.38. The Morgan fingerprint density at radius 2 is 2.16 bits per heavy atom. The van der Waals surface area contributed by atoms with Gasteiger partial charge in [0.1, 0.15) is 11.0 Å². The maximum Gasteiger partial charge on any atom is 0.335 e. The van der Waals surface area contributed by atoms with Gasteiger partial charge < -0.3 is 10.0 Å². The highest BCUT2D eigenvalue weighted by atomic mass is 35.5. The number of aromatic nitrogens is 1. The molecule has 1 aliphatic rings. The Kier molecular flexibility index (Phi) is 3.99. The first-order valence-corrected chi connectivity index (χ1v) is 7.03. The number of halogens is 1. The molecule has 0 aromatic carbocycles. The zero-order valence-electron chi connectivity index (χ0n) is 11.3. The van der Waals surface area contributed by atoms with Crippen molar-refractivity contribution >= 4 is 23.4 Å². The fourth-order valence-corrected chi connectivity index (χ4v) is 2.93. The van der Waals surface area contributed by atoms with Crippen molar-refractivity contribution in [3.63, 3.8) is 0 Å². The second-order valence-electron chi connectivity index (χ2n) is 5.22. The number of aromatic carboxylic acids is 1. The largest absolute Gasteiger partial charge is 0.478 e. The predicted octanol–water partition coefficient (Wildman–Crippen LogP) is 3.45.